The molecule has 7 nitrogen and oxygen atoms in total. The molecule has 0 saturated heterocycles. The van der Waals surface area contributed by atoms with E-state index in [1.165, 1.54) is 24.5 Å². The van der Waals surface area contributed by atoms with Crippen molar-refractivity contribution in [2.45, 2.75) is 11.8 Å². The van der Waals surface area contributed by atoms with E-state index in [1.807, 2.05) is 0 Å². The van der Waals surface area contributed by atoms with Gasteiger partial charge in [0.25, 0.3) is 10.0 Å². The molecule has 8 heteroatoms. The average molecular weight is 282 g/mol. The number of anilines is 2. The Bertz CT molecular complexity index is 653. The standard InChI is InChI=1S/C11H14N4O3S/c1-2-18-9-4-3-8(12)7-10(9)19(16,17)15-11-13-5-6-14-11/h3-7H,2,12H2,1H3,(H2,13,14,15). The number of nitrogens with two attached hydrogens (primary N) is 1. The highest BCUT2D eigenvalue weighted by Gasteiger charge is 2.21. The highest BCUT2D eigenvalue weighted by Crippen LogP contribution is 2.27. The van der Waals surface area contributed by atoms with Crippen molar-refractivity contribution in [2.75, 3.05) is 17.1 Å². The number of benzene rings is 1. The van der Waals surface area contributed by atoms with E-state index in [0.29, 0.717) is 12.3 Å². The van der Waals surface area contributed by atoms with E-state index in [1.54, 1.807) is 13.0 Å². The van der Waals surface area contributed by atoms with Crippen molar-refractivity contribution in [2.24, 2.45) is 0 Å². The van der Waals surface area contributed by atoms with Crippen molar-refractivity contribution in [1.82, 2.24) is 9.97 Å². The Morgan fingerprint density at radius 2 is 2.26 bits per heavy atom. The van der Waals surface area contributed by atoms with Gasteiger partial charge >= 0.3 is 0 Å². The predicted molar refractivity (Wildman–Crippen MR) is 71.4 cm³/mol. The van der Waals surface area contributed by atoms with Gasteiger partial charge in [0, 0.05) is 18.1 Å². The summed E-state index contributed by atoms with van der Waals surface area (Å²) in [7, 11) is -3.81. The quantitative estimate of drug-likeness (QED) is 0.713. The third-order valence-corrected chi connectivity index (χ3v) is 3.65. The minimum atomic E-state index is -3.81. The molecule has 4 N–H and O–H groups in total. The molecule has 0 saturated carbocycles. The van der Waals surface area contributed by atoms with E-state index in [4.69, 9.17) is 10.5 Å². The van der Waals surface area contributed by atoms with Crippen LogP contribution in [0.5, 0.6) is 5.75 Å². The number of ether oxygens (including phenoxy) is 1. The summed E-state index contributed by atoms with van der Waals surface area (Å²) in [6.45, 7) is 2.12. The number of imidazole rings is 1. The van der Waals surface area contributed by atoms with Crippen molar-refractivity contribution < 1.29 is 13.2 Å². The third kappa shape index (κ3) is 2.97. The molecule has 0 amide bonds. The maximum Gasteiger partial charge on any atom is 0.267 e. The number of H-pyrrole nitrogens is 1. The fourth-order valence-corrected chi connectivity index (χ4v) is 2.67. The number of nitrogen functional groups attached to an aromatic ring is 1. The lowest BCUT2D eigenvalue weighted by atomic mass is 10.3. The fraction of sp³-hybridized carbons (Fsp3) is 0.182. The predicted octanol–water partition coefficient (Wildman–Crippen LogP) is 1.19. The summed E-state index contributed by atoms with van der Waals surface area (Å²) in [5.41, 5.74) is 5.96. The van der Waals surface area contributed by atoms with Gasteiger partial charge in [-0.3, -0.25) is 0 Å². The number of aromatic amines is 1. The largest absolute Gasteiger partial charge is 0.492 e. The molecule has 0 spiro atoms. The number of hydrogen-bond donors (Lipinski definition) is 3. The van der Waals surface area contributed by atoms with Gasteiger partial charge in [0.15, 0.2) is 0 Å². The lowest BCUT2D eigenvalue weighted by Crippen LogP contribution is -2.15. The monoisotopic (exact) mass is 282 g/mol. The Labute approximate surface area is 110 Å². The topological polar surface area (TPSA) is 110 Å². The molecule has 0 bridgehead atoms. The fourth-order valence-electron chi connectivity index (χ4n) is 1.51. The molecule has 19 heavy (non-hydrogen) atoms. The Morgan fingerprint density at radius 3 is 2.89 bits per heavy atom. The van der Waals surface area contributed by atoms with E-state index < -0.39 is 10.0 Å². The van der Waals surface area contributed by atoms with Crippen molar-refractivity contribution in [3.63, 3.8) is 0 Å². The van der Waals surface area contributed by atoms with Crippen LogP contribution in [0.4, 0.5) is 11.6 Å². The minimum Gasteiger partial charge on any atom is -0.492 e. The maximum absolute atomic E-state index is 12.2. The van der Waals surface area contributed by atoms with Crippen LogP contribution in [-0.4, -0.2) is 25.0 Å². The van der Waals surface area contributed by atoms with Gasteiger partial charge in [-0.15, -0.1) is 0 Å². The van der Waals surface area contributed by atoms with E-state index in [2.05, 4.69) is 14.7 Å². The molecule has 1 aromatic carbocycles. The lowest BCUT2D eigenvalue weighted by molar-refractivity contribution is 0.331. The first-order valence-corrected chi connectivity index (χ1v) is 7.06. The smallest absolute Gasteiger partial charge is 0.267 e. The summed E-state index contributed by atoms with van der Waals surface area (Å²) in [5, 5.41) is 0. The Balaban J connectivity index is 2.41. The summed E-state index contributed by atoms with van der Waals surface area (Å²) >= 11 is 0. The van der Waals surface area contributed by atoms with Gasteiger partial charge in [0.2, 0.25) is 5.95 Å². The van der Waals surface area contributed by atoms with Crippen LogP contribution >= 0.6 is 0 Å². The first-order chi connectivity index (χ1) is 9.03. The van der Waals surface area contributed by atoms with Gasteiger partial charge in [-0.05, 0) is 25.1 Å². The van der Waals surface area contributed by atoms with E-state index in [-0.39, 0.29) is 16.6 Å². The average Bonchev–Trinajstić information content (AvgIpc) is 2.83. The SMILES string of the molecule is CCOc1ccc(N)cc1S(=O)(=O)Nc1ncc[nH]1. The summed E-state index contributed by atoms with van der Waals surface area (Å²) < 4.78 is 32.1. The number of hydrogen-bond acceptors (Lipinski definition) is 5. The van der Waals surface area contributed by atoms with Crippen LogP contribution in [-0.2, 0) is 10.0 Å². The van der Waals surface area contributed by atoms with Crippen LogP contribution in [0, 0.1) is 0 Å². The first-order valence-electron chi connectivity index (χ1n) is 5.57. The van der Waals surface area contributed by atoms with Crippen molar-refractivity contribution in [3.05, 3.63) is 30.6 Å². The summed E-state index contributed by atoms with van der Waals surface area (Å²) in [4.78, 5) is 6.44. The molecule has 0 radical (unpaired) electrons. The van der Waals surface area contributed by atoms with Crippen LogP contribution in [0.1, 0.15) is 6.92 Å². The molecular formula is C11H14N4O3S. The first kappa shape index (κ1) is 13.2. The Hall–Kier alpha value is -2.22. The Morgan fingerprint density at radius 1 is 1.47 bits per heavy atom. The number of aromatic nitrogens is 2. The zero-order chi connectivity index (χ0) is 13.9. The number of nitrogens with zero attached hydrogens (tertiary/aromatic N) is 1. The number of sulfonamides is 1. The highest BCUT2D eigenvalue weighted by atomic mass is 32.2. The van der Waals surface area contributed by atoms with Gasteiger partial charge < -0.3 is 15.5 Å². The van der Waals surface area contributed by atoms with Crippen LogP contribution in [0.3, 0.4) is 0 Å². The van der Waals surface area contributed by atoms with Gasteiger partial charge in [-0.25, -0.2) is 18.1 Å². The minimum absolute atomic E-state index is 0.0225. The summed E-state index contributed by atoms with van der Waals surface area (Å²) in [6, 6.07) is 4.45. The zero-order valence-electron chi connectivity index (χ0n) is 10.3. The Kier molecular flexibility index (Phi) is 3.61. The molecule has 0 aliphatic rings. The van der Waals surface area contributed by atoms with E-state index in [9.17, 15) is 8.42 Å². The van der Waals surface area contributed by atoms with Gasteiger partial charge in [0.05, 0.1) is 6.61 Å². The molecule has 0 aliphatic carbocycles. The van der Waals surface area contributed by atoms with E-state index in [0.717, 1.165) is 0 Å². The molecule has 0 atom stereocenters. The molecule has 102 valence electrons. The van der Waals surface area contributed by atoms with Gasteiger partial charge in [-0.1, -0.05) is 0 Å². The second-order valence-electron chi connectivity index (χ2n) is 3.68. The van der Waals surface area contributed by atoms with Crippen LogP contribution in [0.15, 0.2) is 35.5 Å². The molecule has 1 heterocycles. The van der Waals surface area contributed by atoms with Crippen LogP contribution < -0.4 is 15.2 Å². The van der Waals surface area contributed by atoms with Crippen LogP contribution in [0.2, 0.25) is 0 Å². The van der Waals surface area contributed by atoms with Crippen molar-refractivity contribution >= 4 is 21.7 Å². The molecule has 2 aromatic rings. The highest BCUT2D eigenvalue weighted by molar-refractivity contribution is 7.92. The second kappa shape index (κ2) is 5.19. The van der Waals surface area contributed by atoms with E-state index >= 15 is 0 Å². The lowest BCUT2D eigenvalue weighted by Gasteiger charge is -2.11. The normalized spacial score (nSPS) is 11.2. The molecule has 0 fully saturated rings. The molecular weight excluding hydrogens is 268 g/mol. The summed E-state index contributed by atoms with van der Waals surface area (Å²) in [5.74, 6) is 0.376. The van der Waals surface area contributed by atoms with Gasteiger partial charge in [0.1, 0.15) is 10.6 Å². The number of nitrogens with one attached hydrogen (secondary N) is 2. The third-order valence-electron chi connectivity index (χ3n) is 2.29. The van der Waals surface area contributed by atoms with Crippen LogP contribution in [0.25, 0.3) is 0 Å². The maximum atomic E-state index is 12.2. The molecule has 0 unspecified atom stereocenters. The zero-order valence-corrected chi connectivity index (χ0v) is 11.1. The number of rotatable bonds is 5. The molecule has 1 aromatic heterocycles. The van der Waals surface area contributed by atoms with Crippen molar-refractivity contribution in [1.29, 1.82) is 0 Å². The molecule has 2 rings (SSSR count). The summed E-state index contributed by atoms with van der Waals surface area (Å²) in [6.07, 6.45) is 2.96. The van der Waals surface area contributed by atoms with Crippen molar-refractivity contribution in [3.8, 4) is 5.75 Å². The molecule has 0 aliphatic heterocycles. The second-order valence-corrected chi connectivity index (χ2v) is 5.33. The van der Waals surface area contributed by atoms with Gasteiger partial charge in [-0.2, -0.15) is 0 Å².